The van der Waals surface area contributed by atoms with Gasteiger partial charge in [0.2, 0.25) is 0 Å². The first-order chi connectivity index (χ1) is 3.68. The van der Waals surface area contributed by atoms with E-state index in [0.717, 1.165) is 6.29 Å². The molecule has 0 heterocycles. The molecule has 1 atom stereocenters. The molecule has 0 aromatic rings. The van der Waals surface area contributed by atoms with E-state index in [1.54, 1.807) is 6.92 Å². The highest BCUT2D eigenvalue weighted by Crippen LogP contribution is 2.14. The molecule has 8 heavy (non-hydrogen) atoms. The number of carbonyl (C=O) groups is 1. The quantitative estimate of drug-likeness (QED) is 0.548. The Bertz CT molecular complexity index is 74.6. The number of aliphatic hydroxyl groups excluding tert-OH is 1. The first-order valence-electron chi connectivity index (χ1n) is 2.75. The predicted octanol–water partition coefficient (Wildman–Crippen LogP) is 0.594. The fourth-order valence-corrected chi connectivity index (χ4v) is 0.232. The Morgan fingerprint density at radius 2 is 2.25 bits per heavy atom. The maximum Gasteiger partial charge on any atom is 0.128 e. The molecular formula is C6H12O2. The second-order valence-electron chi connectivity index (χ2n) is 2.28. The van der Waals surface area contributed by atoms with Gasteiger partial charge in [0, 0.05) is 5.41 Å². The van der Waals surface area contributed by atoms with Crippen LogP contribution in [0.5, 0.6) is 0 Å². The predicted molar refractivity (Wildman–Crippen MR) is 31.5 cm³/mol. The summed E-state index contributed by atoms with van der Waals surface area (Å²) in [7, 11) is 0. The van der Waals surface area contributed by atoms with Crippen LogP contribution < -0.4 is 0 Å². The topological polar surface area (TPSA) is 37.3 Å². The summed E-state index contributed by atoms with van der Waals surface area (Å²) < 4.78 is 0. The van der Waals surface area contributed by atoms with Crippen LogP contribution in [-0.2, 0) is 4.79 Å². The van der Waals surface area contributed by atoms with Crippen molar-refractivity contribution in [1.82, 2.24) is 0 Å². The average Bonchev–Trinajstić information content (AvgIpc) is 1.87. The zero-order valence-corrected chi connectivity index (χ0v) is 5.35. The third-order valence-corrected chi connectivity index (χ3v) is 1.45. The van der Waals surface area contributed by atoms with Gasteiger partial charge < -0.3 is 9.90 Å². The van der Waals surface area contributed by atoms with Crippen molar-refractivity contribution in [3.8, 4) is 0 Å². The molecule has 0 aliphatic carbocycles. The summed E-state index contributed by atoms with van der Waals surface area (Å²) in [5, 5.41) is 8.55. The smallest absolute Gasteiger partial charge is 0.128 e. The van der Waals surface area contributed by atoms with E-state index >= 15 is 0 Å². The van der Waals surface area contributed by atoms with Gasteiger partial charge in [-0.05, 0) is 6.42 Å². The van der Waals surface area contributed by atoms with E-state index in [2.05, 4.69) is 0 Å². The van der Waals surface area contributed by atoms with Gasteiger partial charge in [0.25, 0.3) is 0 Å². The van der Waals surface area contributed by atoms with E-state index in [-0.39, 0.29) is 6.61 Å². The van der Waals surface area contributed by atoms with Crippen LogP contribution in [0.1, 0.15) is 20.3 Å². The monoisotopic (exact) mass is 116 g/mol. The molecule has 0 spiro atoms. The van der Waals surface area contributed by atoms with Gasteiger partial charge >= 0.3 is 0 Å². The van der Waals surface area contributed by atoms with Crippen LogP contribution in [0.2, 0.25) is 0 Å². The third kappa shape index (κ3) is 1.62. The molecule has 48 valence electrons. The van der Waals surface area contributed by atoms with Crippen molar-refractivity contribution < 1.29 is 9.90 Å². The van der Waals surface area contributed by atoms with Crippen molar-refractivity contribution in [2.75, 3.05) is 6.61 Å². The highest BCUT2D eigenvalue weighted by atomic mass is 16.3. The lowest BCUT2D eigenvalue weighted by atomic mass is 9.91. The Morgan fingerprint density at radius 3 is 2.25 bits per heavy atom. The molecule has 0 fully saturated rings. The van der Waals surface area contributed by atoms with Crippen molar-refractivity contribution in [3.05, 3.63) is 0 Å². The van der Waals surface area contributed by atoms with Crippen LogP contribution in [0.3, 0.4) is 0 Å². The summed E-state index contributed by atoms with van der Waals surface area (Å²) >= 11 is 0. The number of rotatable bonds is 3. The lowest BCUT2D eigenvalue weighted by Gasteiger charge is -2.15. The summed E-state index contributed by atoms with van der Waals surface area (Å²) in [5.74, 6) is 0. The molecule has 0 amide bonds. The van der Waals surface area contributed by atoms with Crippen molar-refractivity contribution in [2.24, 2.45) is 5.41 Å². The van der Waals surface area contributed by atoms with Crippen LogP contribution in [-0.4, -0.2) is 18.0 Å². The van der Waals surface area contributed by atoms with E-state index in [9.17, 15) is 4.79 Å². The van der Waals surface area contributed by atoms with Gasteiger partial charge in [0.1, 0.15) is 6.29 Å². The Balaban J connectivity index is 3.76. The number of hydrogen-bond donors (Lipinski definition) is 1. The first kappa shape index (κ1) is 7.63. The zero-order chi connectivity index (χ0) is 6.62. The largest absolute Gasteiger partial charge is 0.395 e. The maximum absolute atomic E-state index is 10.1. The first-order valence-corrected chi connectivity index (χ1v) is 2.75. The molecule has 2 heteroatoms. The number of carbonyl (C=O) groups excluding carboxylic acids is 1. The minimum atomic E-state index is -0.500. The number of aliphatic hydroxyl groups is 1. The molecule has 0 unspecified atom stereocenters. The SMILES string of the molecule is CC[C@@](C)(C=O)CO. The van der Waals surface area contributed by atoms with Crippen LogP contribution in [0, 0.1) is 5.41 Å². The molecule has 0 saturated heterocycles. The lowest BCUT2D eigenvalue weighted by molar-refractivity contribution is -0.117. The van der Waals surface area contributed by atoms with Crippen LogP contribution >= 0.6 is 0 Å². The summed E-state index contributed by atoms with van der Waals surface area (Å²) in [4.78, 5) is 10.1. The number of aldehydes is 1. The zero-order valence-electron chi connectivity index (χ0n) is 5.35. The molecule has 1 N–H and O–H groups in total. The Kier molecular flexibility index (Phi) is 2.69. The summed E-state index contributed by atoms with van der Waals surface area (Å²) in [6.45, 7) is 3.57. The molecule has 0 saturated carbocycles. The van der Waals surface area contributed by atoms with Crippen LogP contribution in [0.15, 0.2) is 0 Å². The summed E-state index contributed by atoms with van der Waals surface area (Å²) in [6, 6.07) is 0. The van der Waals surface area contributed by atoms with Crippen molar-refractivity contribution in [3.63, 3.8) is 0 Å². The van der Waals surface area contributed by atoms with E-state index in [4.69, 9.17) is 5.11 Å². The molecule has 0 aliphatic heterocycles. The van der Waals surface area contributed by atoms with Crippen LogP contribution in [0.4, 0.5) is 0 Å². The van der Waals surface area contributed by atoms with Gasteiger partial charge in [-0.3, -0.25) is 0 Å². The second-order valence-corrected chi connectivity index (χ2v) is 2.28. The van der Waals surface area contributed by atoms with Gasteiger partial charge in [-0.15, -0.1) is 0 Å². The second kappa shape index (κ2) is 2.82. The molecule has 0 aliphatic rings. The average molecular weight is 116 g/mol. The van der Waals surface area contributed by atoms with Gasteiger partial charge in [0.05, 0.1) is 6.61 Å². The molecule has 0 rings (SSSR count). The summed E-state index contributed by atoms with van der Waals surface area (Å²) in [5.41, 5.74) is -0.500. The highest BCUT2D eigenvalue weighted by molar-refractivity contribution is 5.58. The number of hydrogen-bond acceptors (Lipinski definition) is 2. The van der Waals surface area contributed by atoms with E-state index in [1.165, 1.54) is 0 Å². The molecule has 0 radical (unpaired) electrons. The Hall–Kier alpha value is -0.370. The fourth-order valence-electron chi connectivity index (χ4n) is 0.232. The lowest BCUT2D eigenvalue weighted by Crippen LogP contribution is -2.21. The van der Waals surface area contributed by atoms with Crippen molar-refractivity contribution in [1.29, 1.82) is 0 Å². The maximum atomic E-state index is 10.1. The minimum Gasteiger partial charge on any atom is -0.395 e. The van der Waals surface area contributed by atoms with Crippen molar-refractivity contribution >= 4 is 6.29 Å². The third-order valence-electron chi connectivity index (χ3n) is 1.45. The Morgan fingerprint density at radius 1 is 1.75 bits per heavy atom. The van der Waals surface area contributed by atoms with E-state index in [0.29, 0.717) is 6.42 Å². The van der Waals surface area contributed by atoms with Gasteiger partial charge in [-0.1, -0.05) is 13.8 Å². The standard InChI is InChI=1S/C6H12O2/c1-3-6(2,4-7)5-8/h4,8H,3,5H2,1-2H3/t6-/m0/s1. The van der Waals surface area contributed by atoms with Gasteiger partial charge in [0.15, 0.2) is 0 Å². The van der Waals surface area contributed by atoms with E-state index in [1.807, 2.05) is 6.92 Å². The summed E-state index contributed by atoms with van der Waals surface area (Å²) in [6.07, 6.45) is 1.50. The molecule has 2 nitrogen and oxygen atoms in total. The van der Waals surface area contributed by atoms with Crippen LogP contribution in [0.25, 0.3) is 0 Å². The van der Waals surface area contributed by atoms with E-state index < -0.39 is 5.41 Å². The van der Waals surface area contributed by atoms with Gasteiger partial charge in [-0.2, -0.15) is 0 Å². The minimum absolute atomic E-state index is 0.0486. The van der Waals surface area contributed by atoms with Crippen molar-refractivity contribution in [2.45, 2.75) is 20.3 Å². The molecular weight excluding hydrogens is 104 g/mol. The molecule has 0 aromatic carbocycles. The molecule has 0 bridgehead atoms. The fraction of sp³-hybridized carbons (Fsp3) is 0.833. The molecule has 0 aromatic heterocycles. The normalized spacial score (nSPS) is 17.4. The highest BCUT2D eigenvalue weighted by Gasteiger charge is 2.18. The van der Waals surface area contributed by atoms with Gasteiger partial charge in [-0.25, -0.2) is 0 Å². The Labute approximate surface area is 49.5 Å².